The van der Waals surface area contributed by atoms with Crippen LogP contribution in [0.15, 0.2) is 42.5 Å². The first-order valence-corrected chi connectivity index (χ1v) is 5.60. The smallest absolute Gasteiger partial charge is 0.335 e. The maximum absolute atomic E-state index is 11.0. The summed E-state index contributed by atoms with van der Waals surface area (Å²) < 4.78 is 5.28. The van der Waals surface area contributed by atoms with Crippen molar-refractivity contribution in [2.24, 2.45) is 0 Å². The Balaban J connectivity index is 2.60. The molecule has 0 saturated carbocycles. The van der Waals surface area contributed by atoms with Crippen molar-refractivity contribution in [2.45, 2.75) is 6.92 Å². The van der Waals surface area contributed by atoms with E-state index in [1.165, 1.54) is 0 Å². The number of aromatic carboxylic acids is 1. The first-order chi connectivity index (χ1) is 8.61. The van der Waals surface area contributed by atoms with Crippen molar-refractivity contribution in [3.8, 4) is 16.9 Å². The number of carboxylic acid groups (broad SMARTS) is 1. The third-order valence-corrected chi connectivity index (χ3v) is 2.78. The van der Waals surface area contributed by atoms with Crippen LogP contribution in [-0.4, -0.2) is 18.2 Å². The maximum Gasteiger partial charge on any atom is 0.335 e. The van der Waals surface area contributed by atoms with Crippen LogP contribution < -0.4 is 4.74 Å². The minimum absolute atomic E-state index is 0.257. The number of aryl methyl sites for hydroxylation is 1. The van der Waals surface area contributed by atoms with Gasteiger partial charge in [0.25, 0.3) is 0 Å². The zero-order valence-corrected chi connectivity index (χ0v) is 10.3. The van der Waals surface area contributed by atoms with Gasteiger partial charge >= 0.3 is 5.97 Å². The molecule has 0 fully saturated rings. The monoisotopic (exact) mass is 242 g/mol. The maximum atomic E-state index is 11.0. The van der Waals surface area contributed by atoms with E-state index < -0.39 is 5.97 Å². The molecule has 2 aromatic carbocycles. The Morgan fingerprint density at radius 3 is 2.56 bits per heavy atom. The number of carboxylic acids is 1. The van der Waals surface area contributed by atoms with E-state index in [0.29, 0.717) is 5.75 Å². The van der Waals surface area contributed by atoms with Gasteiger partial charge in [0.05, 0.1) is 12.7 Å². The fourth-order valence-corrected chi connectivity index (χ4v) is 1.88. The summed E-state index contributed by atoms with van der Waals surface area (Å²) >= 11 is 0. The second kappa shape index (κ2) is 4.92. The van der Waals surface area contributed by atoms with E-state index in [0.717, 1.165) is 16.7 Å². The van der Waals surface area contributed by atoms with Crippen molar-refractivity contribution in [1.82, 2.24) is 0 Å². The Bertz CT molecular complexity index is 588. The predicted octanol–water partition coefficient (Wildman–Crippen LogP) is 3.37. The molecule has 0 aliphatic carbocycles. The SMILES string of the molecule is COc1ccc(C(=O)O)cc1-c1cccc(C)c1. The first kappa shape index (κ1) is 12.2. The molecular formula is C15H14O3. The molecule has 0 heterocycles. The number of hydrogen-bond donors (Lipinski definition) is 1. The van der Waals surface area contributed by atoms with Gasteiger partial charge in [-0.1, -0.05) is 29.8 Å². The number of carbonyl (C=O) groups is 1. The standard InChI is InChI=1S/C15H14O3/c1-10-4-3-5-11(8-10)13-9-12(15(16)17)6-7-14(13)18-2/h3-9H,1-2H3,(H,16,17). The molecule has 0 atom stereocenters. The average molecular weight is 242 g/mol. The normalized spacial score (nSPS) is 10.1. The second-order valence-corrected chi connectivity index (χ2v) is 4.09. The molecule has 18 heavy (non-hydrogen) atoms. The molecule has 0 spiro atoms. The number of hydrogen-bond acceptors (Lipinski definition) is 2. The lowest BCUT2D eigenvalue weighted by Gasteiger charge is -2.10. The van der Waals surface area contributed by atoms with Gasteiger partial charge in [0, 0.05) is 5.56 Å². The Hall–Kier alpha value is -2.29. The van der Waals surface area contributed by atoms with Crippen LogP contribution in [0.3, 0.4) is 0 Å². The van der Waals surface area contributed by atoms with Gasteiger partial charge in [0.2, 0.25) is 0 Å². The highest BCUT2D eigenvalue weighted by Gasteiger charge is 2.10. The lowest BCUT2D eigenvalue weighted by Crippen LogP contribution is -1.98. The van der Waals surface area contributed by atoms with Crippen molar-refractivity contribution in [3.05, 3.63) is 53.6 Å². The summed E-state index contributed by atoms with van der Waals surface area (Å²) in [6, 6.07) is 12.7. The van der Waals surface area contributed by atoms with Crippen LogP contribution in [0.25, 0.3) is 11.1 Å². The Morgan fingerprint density at radius 1 is 1.17 bits per heavy atom. The lowest BCUT2D eigenvalue weighted by atomic mass is 10.0. The van der Waals surface area contributed by atoms with E-state index in [9.17, 15) is 4.79 Å². The molecule has 0 unspecified atom stereocenters. The molecule has 3 heteroatoms. The van der Waals surface area contributed by atoms with Crippen molar-refractivity contribution in [1.29, 1.82) is 0 Å². The van der Waals surface area contributed by atoms with Gasteiger partial charge in [0.1, 0.15) is 5.75 Å². The molecule has 2 aromatic rings. The van der Waals surface area contributed by atoms with Crippen molar-refractivity contribution in [3.63, 3.8) is 0 Å². The van der Waals surface area contributed by atoms with Gasteiger partial charge in [-0.25, -0.2) is 4.79 Å². The molecule has 3 nitrogen and oxygen atoms in total. The quantitative estimate of drug-likeness (QED) is 0.897. The second-order valence-electron chi connectivity index (χ2n) is 4.09. The minimum Gasteiger partial charge on any atom is -0.496 e. The van der Waals surface area contributed by atoms with Crippen molar-refractivity contribution < 1.29 is 14.6 Å². The average Bonchev–Trinajstić information content (AvgIpc) is 2.38. The van der Waals surface area contributed by atoms with Crippen LogP contribution in [0.2, 0.25) is 0 Å². The molecule has 0 amide bonds. The molecule has 0 radical (unpaired) electrons. The van der Waals surface area contributed by atoms with Crippen LogP contribution in [0.4, 0.5) is 0 Å². The van der Waals surface area contributed by atoms with E-state index in [-0.39, 0.29) is 5.56 Å². The summed E-state index contributed by atoms with van der Waals surface area (Å²) in [5, 5.41) is 9.03. The molecule has 0 aliphatic rings. The predicted molar refractivity (Wildman–Crippen MR) is 70.1 cm³/mol. The highest BCUT2D eigenvalue weighted by atomic mass is 16.5. The number of ether oxygens (including phenoxy) is 1. The summed E-state index contributed by atoms with van der Waals surface area (Å²) in [7, 11) is 1.58. The Morgan fingerprint density at radius 2 is 1.94 bits per heavy atom. The number of rotatable bonds is 3. The molecule has 0 saturated heterocycles. The van der Waals surface area contributed by atoms with E-state index >= 15 is 0 Å². The zero-order valence-electron chi connectivity index (χ0n) is 10.3. The molecule has 92 valence electrons. The Kier molecular flexibility index (Phi) is 3.33. The van der Waals surface area contributed by atoms with Gasteiger partial charge < -0.3 is 9.84 Å². The molecule has 0 aliphatic heterocycles. The van der Waals surface area contributed by atoms with Crippen LogP contribution >= 0.6 is 0 Å². The zero-order chi connectivity index (χ0) is 13.1. The highest BCUT2D eigenvalue weighted by molar-refractivity contribution is 5.90. The number of methoxy groups -OCH3 is 1. The minimum atomic E-state index is -0.938. The van der Waals surface area contributed by atoms with E-state index in [2.05, 4.69) is 0 Å². The van der Waals surface area contributed by atoms with Gasteiger partial charge in [0.15, 0.2) is 0 Å². The molecule has 1 N–H and O–H groups in total. The van der Waals surface area contributed by atoms with Crippen LogP contribution in [0.1, 0.15) is 15.9 Å². The van der Waals surface area contributed by atoms with E-state index in [1.807, 2.05) is 31.2 Å². The highest BCUT2D eigenvalue weighted by Crippen LogP contribution is 2.31. The molecule has 2 rings (SSSR count). The van der Waals surface area contributed by atoms with Crippen molar-refractivity contribution >= 4 is 5.97 Å². The lowest BCUT2D eigenvalue weighted by molar-refractivity contribution is 0.0697. The summed E-state index contributed by atoms with van der Waals surface area (Å²) in [4.78, 5) is 11.0. The third kappa shape index (κ3) is 2.35. The number of benzene rings is 2. The topological polar surface area (TPSA) is 46.5 Å². The van der Waals surface area contributed by atoms with Gasteiger partial charge in [-0.3, -0.25) is 0 Å². The summed E-state index contributed by atoms with van der Waals surface area (Å²) in [6.45, 7) is 2.00. The molecule has 0 aromatic heterocycles. The van der Waals surface area contributed by atoms with Crippen LogP contribution in [0.5, 0.6) is 5.75 Å². The third-order valence-electron chi connectivity index (χ3n) is 2.78. The molecule has 0 bridgehead atoms. The summed E-state index contributed by atoms with van der Waals surface area (Å²) in [5.74, 6) is -0.267. The Labute approximate surface area is 106 Å². The summed E-state index contributed by atoms with van der Waals surface area (Å²) in [6.07, 6.45) is 0. The van der Waals surface area contributed by atoms with E-state index in [4.69, 9.17) is 9.84 Å². The van der Waals surface area contributed by atoms with Crippen LogP contribution in [-0.2, 0) is 0 Å². The fourth-order valence-electron chi connectivity index (χ4n) is 1.88. The fraction of sp³-hybridized carbons (Fsp3) is 0.133. The molecular weight excluding hydrogens is 228 g/mol. The first-order valence-electron chi connectivity index (χ1n) is 5.60. The van der Waals surface area contributed by atoms with E-state index in [1.54, 1.807) is 25.3 Å². The summed E-state index contributed by atoms with van der Waals surface area (Å²) in [5.41, 5.74) is 3.12. The van der Waals surface area contributed by atoms with Crippen molar-refractivity contribution in [2.75, 3.05) is 7.11 Å². The van der Waals surface area contributed by atoms with Gasteiger partial charge in [-0.2, -0.15) is 0 Å². The largest absolute Gasteiger partial charge is 0.496 e. The van der Waals surface area contributed by atoms with Gasteiger partial charge in [-0.15, -0.1) is 0 Å². The van der Waals surface area contributed by atoms with Gasteiger partial charge in [-0.05, 0) is 30.7 Å². The van der Waals surface area contributed by atoms with Crippen LogP contribution in [0, 0.1) is 6.92 Å².